The highest BCUT2D eigenvalue weighted by Gasteiger charge is 2.34. The van der Waals surface area contributed by atoms with Gasteiger partial charge in [-0.05, 0) is 24.2 Å². The summed E-state index contributed by atoms with van der Waals surface area (Å²) in [7, 11) is 0. The lowest BCUT2D eigenvalue weighted by atomic mass is 10.3. The van der Waals surface area contributed by atoms with E-state index in [9.17, 15) is 9.59 Å². The van der Waals surface area contributed by atoms with Crippen molar-refractivity contribution in [2.45, 2.75) is 6.10 Å². The van der Waals surface area contributed by atoms with Crippen molar-refractivity contribution in [3.05, 3.63) is 12.1 Å². The Hall–Kier alpha value is -2.00. The highest BCUT2D eigenvalue weighted by Crippen LogP contribution is 2.30. The van der Waals surface area contributed by atoms with Gasteiger partial charge in [0.2, 0.25) is 0 Å². The van der Waals surface area contributed by atoms with Gasteiger partial charge in [0.15, 0.2) is 18.2 Å². The second-order valence-corrected chi connectivity index (χ2v) is 4.99. The summed E-state index contributed by atoms with van der Waals surface area (Å²) >= 11 is 1.22. The molecule has 1 unspecified atom stereocenters. The molecule has 1 N–H and O–H groups in total. The van der Waals surface area contributed by atoms with Crippen molar-refractivity contribution >= 4 is 35.7 Å². The van der Waals surface area contributed by atoms with Crippen LogP contribution in [0.3, 0.4) is 0 Å². The van der Waals surface area contributed by atoms with E-state index in [1.807, 2.05) is 0 Å². The van der Waals surface area contributed by atoms with E-state index in [0.29, 0.717) is 30.5 Å². The zero-order chi connectivity index (χ0) is 14.8. The van der Waals surface area contributed by atoms with Crippen LogP contribution < -0.4 is 15.0 Å². The van der Waals surface area contributed by atoms with Gasteiger partial charge in [0.25, 0.3) is 5.91 Å². The second-order valence-electron chi connectivity index (χ2n) is 4.42. The number of nitrogens with one attached hydrogen (secondary N) is 1. The lowest BCUT2D eigenvalue weighted by Gasteiger charge is -2.19. The van der Waals surface area contributed by atoms with Crippen molar-refractivity contribution in [1.82, 2.24) is 4.98 Å². The summed E-state index contributed by atoms with van der Waals surface area (Å²) in [6.45, 7) is 0.627. The lowest BCUT2D eigenvalue weighted by molar-refractivity contribution is -0.118. The Bertz CT molecular complexity index is 582. The number of hydrogen-bond donors (Lipinski definition) is 1. The molecule has 21 heavy (non-hydrogen) atoms. The van der Waals surface area contributed by atoms with Gasteiger partial charge in [-0.1, -0.05) is 0 Å². The minimum Gasteiger partial charge on any atom is -0.480 e. The molecule has 8 nitrogen and oxygen atoms in total. The number of aromatic nitrogens is 1. The second kappa shape index (κ2) is 5.78. The van der Waals surface area contributed by atoms with Gasteiger partial charge in [-0.25, -0.2) is 9.78 Å². The molecular formula is C12H13N3O5S. The van der Waals surface area contributed by atoms with E-state index in [-0.39, 0.29) is 18.6 Å². The Morgan fingerprint density at radius 1 is 1.52 bits per heavy atom. The molecule has 2 aliphatic heterocycles. The smallest absolute Gasteiger partial charge is 0.416 e. The van der Waals surface area contributed by atoms with Crippen molar-refractivity contribution in [2.75, 3.05) is 36.2 Å². The summed E-state index contributed by atoms with van der Waals surface area (Å²) in [6, 6.07) is 3.31. The molecule has 0 aromatic carbocycles. The summed E-state index contributed by atoms with van der Waals surface area (Å²) in [5.74, 6) is 0.909. The predicted octanol–water partition coefficient (Wildman–Crippen LogP) is 1.03. The molecule has 1 atom stereocenters. The van der Waals surface area contributed by atoms with Crippen LogP contribution in [0.2, 0.25) is 0 Å². The maximum absolute atomic E-state index is 11.9. The van der Waals surface area contributed by atoms with Crippen LogP contribution in [-0.4, -0.2) is 49.1 Å². The molecule has 2 amide bonds. The number of pyridine rings is 1. The molecule has 3 rings (SSSR count). The van der Waals surface area contributed by atoms with Crippen LogP contribution in [0.4, 0.5) is 16.4 Å². The largest absolute Gasteiger partial charge is 0.480 e. The lowest BCUT2D eigenvalue weighted by Crippen LogP contribution is -2.29. The van der Waals surface area contributed by atoms with Crippen LogP contribution in [0.15, 0.2) is 12.1 Å². The summed E-state index contributed by atoms with van der Waals surface area (Å²) in [5, 5.41) is 2.60. The van der Waals surface area contributed by atoms with Gasteiger partial charge in [-0.15, -0.1) is 0 Å². The van der Waals surface area contributed by atoms with E-state index in [0.717, 1.165) is 0 Å². The molecule has 0 saturated carbocycles. The number of carbonyl (C=O) groups is 2. The van der Waals surface area contributed by atoms with Gasteiger partial charge in [0.05, 0.1) is 6.54 Å². The third-order valence-corrected chi connectivity index (χ3v) is 3.35. The van der Waals surface area contributed by atoms with E-state index in [4.69, 9.17) is 13.7 Å². The fourth-order valence-electron chi connectivity index (χ4n) is 2.04. The van der Waals surface area contributed by atoms with E-state index >= 15 is 0 Å². The summed E-state index contributed by atoms with van der Waals surface area (Å²) in [6.07, 6.45) is 0.969. The fraction of sp³-hybridized carbons (Fsp3) is 0.417. The number of rotatable bonds is 4. The van der Waals surface area contributed by atoms with Crippen molar-refractivity contribution in [1.29, 1.82) is 0 Å². The predicted molar refractivity (Wildman–Crippen MR) is 75.4 cm³/mol. The number of amides is 2. The Kier molecular flexibility index (Phi) is 3.84. The number of hydrogen-bond acceptors (Lipinski definition) is 7. The van der Waals surface area contributed by atoms with Crippen molar-refractivity contribution in [2.24, 2.45) is 0 Å². The highest BCUT2D eigenvalue weighted by atomic mass is 32.2. The van der Waals surface area contributed by atoms with Gasteiger partial charge in [-0.3, -0.25) is 9.69 Å². The zero-order valence-electron chi connectivity index (χ0n) is 11.2. The topological polar surface area (TPSA) is 90.0 Å². The number of anilines is 2. The minimum atomic E-state index is -0.486. The van der Waals surface area contributed by atoms with E-state index in [1.54, 1.807) is 18.4 Å². The molecular weight excluding hydrogens is 298 g/mol. The van der Waals surface area contributed by atoms with Gasteiger partial charge in [0.1, 0.15) is 18.5 Å². The van der Waals surface area contributed by atoms with Crippen LogP contribution in [-0.2, 0) is 13.7 Å². The summed E-state index contributed by atoms with van der Waals surface area (Å²) in [4.78, 5) is 28.8. The average Bonchev–Trinajstić information content (AvgIpc) is 2.85. The van der Waals surface area contributed by atoms with Crippen LogP contribution >= 0.6 is 12.0 Å². The van der Waals surface area contributed by atoms with Gasteiger partial charge in [-0.2, -0.15) is 0 Å². The molecule has 0 aliphatic carbocycles. The molecule has 0 spiro atoms. The van der Waals surface area contributed by atoms with Crippen LogP contribution in [0.25, 0.3) is 0 Å². The molecule has 3 heterocycles. The Labute approximate surface area is 124 Å². The van der Waals surface area contributed by atoms with Gasteiger partial charge >= 0.3 is 6.09 Å². The first kappa shape index (κ1) is 14.0. The normalized spacial score (nSPS) is 20.6. The standard InChI is InChI=1S/C12H13N3O5S/c1-21-19-5-7-4-15(12(17)20-7)9-3-2-8-11(13-9)14-10(16)6-18-8/h2-3,7H,4-6H2,1H3,(H,13,14,16). The Morgan fingerprint density at radius 3 is 3.19 bits per heavy atom. The average molecular weight is 311 g/mol. The number of cyclic esters (lactones) is 1. The Balaban J connectivity index is 1.76. The van der Waals surface area contributed by atoms with Gasteiger partial charge in [0, 0.05) is 6.26 Å². The SMILES string of the molecule is CSOCC1CN(c2ccc3c(n2)NC(=O)CO3)C(=O)O1. The molecule has 112 valence electrons. The van der Waals surface area contributed by atoms with Gasteiger partial charge < -0.3 is 19.0 Å². The third kappa shape index (κ3) is 2.88. The summed E-state index contributed by atoms with van der Waals surface area (Å²) < 4.78 is 15.6. The van der Waals surface area contributed by atoms with Crippen LogP contribution in [0, 0.1) is 0 Å². The fourth-order valence-corrected chi connectivity index (χ4v) is 2.33. The quantitative estimate of drug-likeness (QED) is 0.831. The molecule has 2 aliphatic rings. The van der Waals surface area contributed by atoms with E-state index in [2.05, 4.69) is 10.3 Å². The molecule has 0 radical (unpaired) electrons. The third-order valence-electron chi connectivity index (χ3n) is 2.98. The molecule has 1 fully saturated rings. The molecule has 1 aromatic heterocycles. The minimum absolute atomic E-state index is 0.0338. The van der Waals surface area contributed by atoms with Crippen molar-refractivity contribution in [3.63, 3.8) is 0 Å². The molecule has 1 saturated heterocycles. The molecule has 1 aromatic rings. The first-order valence-electron chi connectivity index (χ1n) is 6.25. The Morgan fingerprint density at radius 2 is 2.38 bits per heavy atom. The van der Waals surface area contributed by atoms with Crippen LogP contribution in [0.5, 0.6) is 5.75 Å². The number of ether oxygens (including phenoxy) is 2. The molecule has 9 heteroatoms. The molecule has 0 bridgehead atoms. The first-order valence-corrected chi connectivity index (χ1v) is 7.40. The monoisotopic (exact) mass is 311 g/mol. The van der Waals surface area contributed by atoms with Crippen molar-refractivity contribution < 1.29 is 23.2 Å². The van der Waals surface area contributed by atoms with Crippen molar-refractivity contribution in [3.8, 4) is 5.75 Å². The maximum atomic E-state index is 11.9. The number of nitrogens with zero attached hydrogens (tertiary/aromatic N) is 2. The maximum Gasteiger partial charge on any atom is 0.416 e. The first-order chi connectivity index (χ1) is 10.2. The zero-order valence-corrected chi connectivity index (χ0v) is 12.0. The highest BCUT2D eigenvalue weighted by molar-refractivity contribution is 7.93. The number of fused-ring (bicyclic) bond motifs is 1. The summed E-state index contributed by atoms with van der Waals surface area (Å²) in [5.41, 5.74) is 0. The number of carbonyl (C=O) groups excluding carboxylic acids is 2. The van der Waals surface area contributed by atoms with Crippen LogP contribution in [0.1, 0.15) is 0 Å². The van der Waals surface area contributed by atoms with E-state index < -0.39 is 6.09 Å². The van der Waals surface area contributed by atoms with E-state index in [1.165, 1.54) is 16.9 Å².